The fourth-order valence-corrected chi connectivity index (χ4v) is 4.33. The molecule has 2 N–H and O–H groups in total. The van der Waals surface area contributed by atoms with E-state index >= 15 is 0 Å². The lowest BCUT2D eigenvalue weighted by molar-refractivity contribution is 0.477. The number of rotatable bonds is 1. The number of aromatic nitrogens is 1. The molecule has 0 saturated heterocycles. The Kier molecular flexibility index (Phi) is 2.64. The maximum atomic E-state index is 3.76. The van der Waals surface area contributed by atoms with Gasteiger partial charge in [-0.2, -0.15) is 0 Å². The smallest absolute Gasteiger partial charge is 0.0606 e. The lowest BCUT2D eigenvalue weighted by Crippen LogP contribution is -2.25. The molecule has 0 spiro atoms. The first-order valence-electron chi connectivity index (χ1n) is 8.51. The van der Waals surface area contributed by atoms with Crippen molar-refractivity contribution in [3.05, 3.63) is 77.9 Å². The molecule has 0 amide bonds. The van der Waals surface area contributed by atoms with Crippen LogP contribution in [0.3, 0.4) is 0 Å². The summed E-state index contributed by atoms with van der Waals surface area (Å²) in [7, 11) is 0. The summed E-state index contributed by atoms with van der Waals surface area (Å²) < 4.78 is 0. The molecule has 1 aromatic heterocycles. The van der Waals surface area contributed by atoms with Crippen molar-refractivity contribution in [2.75, 3.05) is 5.32 Å². The van der Waals surface area contributed by atoms with E-state index in [4.69, 9.17) is 0 Å². The highest BCUT2D eigenvalue weighted by Gasteiger charge is 2.41. The van der Waals surface area contributed by atoms with Gasteiger partial charge in [0.15, 0.2) is 0 Å². The van der Waals surface area contributed by atoms with Crippen LogP contribution >= 0.6 is 0 Å². The molecular formula is C22H20N2. The molecule has 4 aromatic rings. The van der Waals surface area contributed by atoms with Crippen LogP contribution in [-0.4, -0.2) is 4.98 Å². The summed E-state index contributed by atoms with van der Waals surface area (Å²) in [6.07, 6.45) is 0. The Morgan fingerprint density at radius 3 is 2.38 bits per heavy atom. The van der Waals surface area contributed by atoms with Crippen LogP contribution in [0.1, 0.15) is 31.0 Å². The van der Waals surface area contributed by atoms with Crippen LogP contribution in [0.15, 0.2) is 66.7 Å². The quantitative estimate of drug-likeness (QED) is 0.459. The van der Waals surface area contributed by atoms with Gasteiger partial charge in [-0.05, 0) is 17.7 Å². The molecule has 0 bridgehead atoms. The molecule has 0 aliphatic carbocycles. The van der Waals surface area contributed by atoms with Gasteiger partial charge in [0.1, 0.15) is 0 Å². The van der Waals surface area contributed by atoms with E-state index in [0.29, 0.717) is 0 Å². The zero-order chi connectivity index (χ0) is 16.3. The first-order valence-corrected chi connectivity index (χ1v) is 8.51. The molecule has 118 valence electrons. The zero-order valence-electron chi connectivity index (χ0n) is 13.9. The Morgan fingerprint density at radius 2 is 1.54 bits per heavy atom. The average Bonchev–Trinajstić information content (AvgIpc) is 3.10. The molecule has 1 aliphatic rings. The van der Waals surface area contributed by atoms with E-state index in [1.54, 1.807) is 0 Å². The van der Waals surface area contributed by atoms with E-state index in [0.717, 1.165) is 0 Å². The second-order valence-corrected chi connectivity index (χ2v) is 7.29. The first kappa shape index (κ1) is 13.7. The van der Waals surface area contributed by atoms with Crippen molar-refractivity contribution in [3.8, 4) is 0 Å². The van der Waals surface area contributed by atoms with Gasteiger partial charge < -0.3 is 10.3 Å². The van der Waals surface area contributed by atoms with Crippen molar-refractivity contribution in [2.45, 2.75) is 25.3 Å². The van der Waals surface area contributed by atoms with Crippen LogP contribution < -0.4 is 5.32 Å². The molecule has 0 fully saturated rings. The Labute approximate surface area is 141 Å². The molecular weight excluding hydrogens is 292 g/mol. The van der Waals surface area contributed by atoms with E-state index in [2.05, 4.69) is 90.9 Å². The normalized spacial score (nSPS) is 18.7. The van der Waals surface area contributed by atoms with Gasteiger partial charge >= 0.3 is 0 Å². The predicted octanol–water partition coefficient (Wildman–Crippen LogP) is 5.77. The Hall–Kier alpha value is -2.74. The molecule has 1 atom stereocenters. The largest absolute Gasteiger partial charge is 0.377 e. The van der Waals surface area contributed by atoms with Crippen molar-refractivity contribution in [1.82, 2.24) is 4.98 Å². The summed E-state index contributed by atoms with van der Waals surface area (Å²) in [5.41, 5.74) is 6.46. The van der Waals surface area contributed by atoms with E-state index in [9.17, 15) is 0 Å². The minimum atomic E-state index is 0.0110. The predicted molar refractivity (Wildman–Crippen MR) is 102 cm³/mol. The highest BCUT2D eigenvalue weighted by molar-refractivity contribution is 6.10. The highest BCUT2D eigenvalue weighted by Crippen LogP contribution is 2.51. The molecule has 5 rings (SSSR count). The number of H-pyrrole nitrogens is 1. The zero-order valence-corrected chi connectivity index (χ0v) is 13.9. The molecule has 2 heterocycles. The van der Waals surface area contributed by atoms with Gasteiger partial charge in [0.2, 0.25) is 0 Å². The van der Waals surface area contributed by atoms with Crippen LogP contribution in [-0.2, 0) is 5.41 Å². The minimum Gasteiger partial charge on any atom is -0.377 e. The number of nitrogens with one attached hydrogen (secondary N) is 2. The fourth-order valence-electron chi connectivity index (χ4n) is 4.33. The fraction of sp³-hybridized carbons (Fsp3) is 0.182. The SMILES string of the molecule is CC1(C)c2c(ccc3c2[nH]c2ccccc23)NC1c1ccccc1. The monoisotopic (exact) mass is 312 g/mol. The van der Waals surface area contributed by atoms with Gasteiger partial charge in [0, 0.05) is 33.0 Å². The van der Waals surface area contributed by atoms with E-state index in [-0.39, 0.29) is 11.5 Å². The summed E-state index contributed by atoms with van der Waals surface area (Å²) >= 11 is 0. The third-order valence-corrected chi connectivity index (χ3v) is 5.48. The molecule has 1 aliphatic heterocycles. The molecule has 24 heavy (non-hydrogen) atoms. The van der Waals surface area contributed by atoms with Crippen LogP contribution in [0, 0.1) is 0 Å². The molecule has 2 nitrogen and oxygen atoms in total. The third kappa shape index (κ3) is 1.71. The Morgan fingerprint density at radius 1 is 0.792 bits per heavy atom. The number of anilines is 1. The van der Waals surface area contributed by atoms with Crippen LogP contribution in [0.5, 0.6) is 0 Å². The molecule has 0 saturated carbocycles. The van der Waals surface area contributed by atoms with Crippen molar-refractivity contribution in [1.29, 1.82) is 0 Å². The van der Waals surface area contributed by atoms with Gasteiger partial charge in [-0.25, -0.2) is 0 Å². The van der Waals surface area contributed by atoms with Crippen molar-refractivity contribution < 1.29 is 0 Å². The highest BCUT2D eigenvalue weighted by atomic mass is 15.0. The number of hydrogen-bond acceptors (Lipinski definition) is 1. The Bertz CT molecular complexity index is 1060. The third-order valence-electron chi connectivity index (χ3n) is 5.48. The van der Waals surface area contributed by atoms with Gasteiger partial charge in [-0.3, -0.25) is 0 Å². The topological polar surface area (TPSA) is 27.8 Å². The average molecular weight is 312 g/mol. The summed E-state index contributed by atoms with van der Waals surface area (Å²) in [6.45, 7) is 4.68. The molecule has 1 unspecified atom stereocenters. The molecule has 0 radical (unpaired) electrons. The van der Waals surface area contributed by atoms with Crippen molar-refractivity contribution >= 4 is 27.5 Å². The van der Waals surface area contributed by atoms with Gasteiger partial charge in [-0.15, -0.1) is 0 Å². The van der Waals surface area contributed by atoms with E-state index in [1.165, 1.54) is 38.6 Å². The standard InChI is InChI=1S/C22H20N2/c1-22(2)19-18(24-21(22)14-8-4-3-5-9-14)13-12-16-15-10-6-7-11-17(15)23-20(16)19/h3-13,21,23-24H,1-2H3. The lowest BCUT2D eigenvalue weighted by atomic mass is 9.77. The van der Waals surface area contributed by atoms with Crippen LogP contribution in [0.4, 0.5) is 5.69 Å². The number of fused-ring (bicyclic) bond motifs is 5. The van der Waals surface area contributed by atoms with Crippen LogP contribution in [0.25, 0.3) is 21.8 Å². The van der Waals surface area contributed by atoms with Crippen LogP contribution in [0.2, 0.25) is 0 Å². The second kappa shape index (κ2) is 4.64. The summed E-state index contributed by atoms with van der Waals surface area (Å²) in [5, 5.41) is 6.37. The molecule has 3 aromatic carbocycles. The number of hydrogen-bond donors (Lipinski definition) is 2. The Balaban J connectivity index is 1.78. The number of aromatic amines is 1. The van der Waals surface area contributed by atoms with Gasteiger partial charge in [0.05, 0.1) is 11.6 Å². The van der Waals surface area contributed by atoms with Crippen molar-refractivity contribution in [3.63, 3.8) is 0 Å². The summed E-state index contributed by atoms with van der Waals surface area (Å²) in [5.74, 6) is 0. The van der Waals surface area contributed by atoms with Gasteiger partial charge in [0.25, 0.3) is 0 Å². The number of benzene rings is 3. The first-order chi connectivity index (χ1) is 11.7. The summed E-state index contributed by atoms with van der Waals surface area (Å²) in [4.78, 5) is 3.67. The van der Waals surface area contributed by atoms with Gasteiger partial charge in [-0.1, -0.05) is 68.4 Å². The number of para-hydroxylation sites is 1. The lowest BCUT2D eigenvalue weighted by Gasteiger charge is -2.28. The minimum absolute atomic E-state index is 0.0110. The maximum absolute atomic E-state index is 3.76. The maximum Gasteiger partial charge on any atom is 0.0606 e. The van der Waals surface area contributed by atoms with E-state index in [1.807, 2.05) is 0 Å². The van der Waals surface area contributed by atoms with Crippen molar-refractivity contribution in [2.24, 2.45) is 0 Å². The summed E-state index contributed by atoms with van der Waals surface area (Å²) in [6, 6.07) is 24.1. The molecule has 2 heteroatoms. The van der Waals surface area contributed by atoms with E-state index < -0.39 is 0 Å². The second-order valence-electron chi connectivity index (χ2n) is 7.29.